The highest BCUT2D eigenvalue weighted by Crippen LogP contribution is 2.25. The zero-order chi connectivity index (χ0) is 13.1. The molecule has 18 heavy (non-hydrogen) atoms. The molecule has 0 amide bonds. The lowest BCUT2D eigenvalue weighted by Crippen LogP contribution is -2.00. The van der Waals surface area contributed by atoms with Crippen molar-refractivity contribution in [1.82, 2.24) is 0 Å². The molecule has 0 saturated carbocycles. The summed E-state index contributed by atoms with van der Waals surface area (Å²) in [7, 11) is 0. The third-order valence-electron chi connectivity index (χ3n) is 2.33. The maximum atomic E-state index is 13.2. The van der Waals surface area contributed by atoms with Crippen LogP contribution < -0.4 is 5.32 Å². The molecule has 0 heterocycles. The molecule has 1 nitrogen and oxygen atoms in total. The van der Waals surface area contributed by atoms with E-state index in [-0.39, 0.29) is 5.82 Å². The third-order valence-corrected chi connectivity index (χ3v) is 3.79. The van der Waals surface area contributed by atoms with Gasteiger partial charge in [0.05, 0.1) is 10.7 Å². The summed E-state index contributed by atoms with van der Waals surface area (Å²) < 4.78 is 15.0. The van der Waals surface area contributed by atoms with E-state index in [4.69, 9.17) is 11.6 Å². The van der Waals surface area contributed by atoms with Crippen LogP contribution in [-0.2, 0) is 6.54 Å². The molecule has 1 N–H and O–H groups in total. The fourth-order valence-electron chi connectivity index (χ4n) is 1.54. The first-order valence-corrected chi connectivity index (χ1v) is 7.43. The smallest absolute Gasteiger partial charge is 0.124 e. The standard InChI is InChI=1S/C13H9BrClFIN/c14-9-3-8(4-10(16)5-9)7-18-13-6-11(17)1-2-12(13)15/h1-6,18H,7H2. The Balaban J connectivity index is 2.13. The molecular formula is C13H9BrClFIN. The molecule has 0 aliphatic carbocycles. The number of hydrogen-bond acceptors (Lipinski definition) is 1. The van der Waals surface area contributed by atoms with Crippen LogP contribution in [0.3, 0.4) is 0 Å². The molecule has 5 heteroatoms. The number of nitrogens with one attached hydrogen (secondary N) is 1. The van der Waals surface area contributed by atoms with Crippen LogP contribution in [0.1, 0.15) is 5.56 Å². The molecule has 0 fully saturated rings. The summed E-state index contributed by atoms with van der Waals surface area (Å²) in [4.78, 5) is 0. The molecule has 2 aromatic carbocycles. The molecule has 2 rings (SSSR count). The monoisotopic (exact) mass is 439 g/mol. The largest absolute Gasteiger partial charge is 0.380 e. The van der Waals surface area contributed by atoms with Gasteiger partial charge in [0.15, 0.2) is 0 Å². The molecular weight excluding hydrogens is 431 g/mol. The summed E-state index contributed by atoms with van der Waals surface area (Å²) >= 11 is 11.6. The Morgan fingerprint density at radius 1 is 1.22 bits per heavy atom. The van der Waals surface area contributed by atoms with Gasteiger partial charge in [-0.3, -0.25) is 0 Å². The minimum atomic E-state index is -0.255. The van der Waals surface area contributed by atoms with Crippen molar-refractivity contribution in [2.45, 2.75) is 6.54 Å². The van der Waals surface area contributed by atoms with E-state index < -0.39 is 0 Å². The quantitative estimate of drug-likeness (QED) is 0.625. The second-order valence-electron chi connectivity index (χ2n) is 3.76. The second-order valence-corrected chi connectivity index (χ2v) is 6.32. The van der Waals surface area contributed by atoms with Crippen LogP contribution in [0, 0.1) is 9.39 Å². The summed E-state index contributed by atoms with van der Waals surface area (Å²) in [6.45, 7) is 0.524. The number of halogens is 4. The topological polar surface area (TPSA) is 12.0 Å². The summed E-state index contributed by atoms with van der Waals surface area (Å²) in [5.74, 6) is -0.255. The zero-order valence-corrected chi connectivity index (χ0v) is 13.7. The Bertz CT molecular complexity index is 557. The number of hydrogen-bond donors (Lipinski definition) is 1. The van der Waals surface area contributed by atoms with E-state index in [0.717, 1.165) is 19.3 Å². The van der Waals surface area contributed by atoms with Crippen molar-refractivity contribution >= 4 is 55.8 Å². The Labute approximate surface area is 132 Å². The van der Waals surface area contributed by atoms with Gasteiger partial charge in [-0.2, -0.15) is 0 Å². The molecule has 0 aliphatic rings. The first-order valence-electron chi connectivity index (χ1n) is 5.18. The van der Waals surface area contributed by atoms with Gasteiger partial charge < -0.3 is 5.32 Å². The van der Waals surface area contributed by atoms with Gasteiger partial charge in [-0.15, -0.1) is 0 Å². The van der Waals surface area contributed by atoms with E-state index in [1.54, 1.807) is 0 Å². The van der Waals surface area contributed by atoms with Crippen LogP contribution in [0.2, 0.25) is 5.02 Å². The van der Waals surface area contributed by atoms with Gasteiger partial charge in [-0.05, 0) is 64.6 Å². The first-order chi connectivity index (χ1) is 8.54. The van der Waals surface area contributed by atoms with Crippen LogP contribution >= 0.6 is 50.1 Å². The van der Waals surface area contributed by atoms with Crippen molar-refractivity contribution in [3.05, 3.63) is 60.8 Å². The van der Waals surface area contributed by atoms with Gasteiger partial charge >= 0.3 is 0 Å². The lowest BCUT2D eigenvalue weighted by Gasteiger charge is -2.09. The molecule has 0 aliphatic heterocycles. The number of rotatable bonds is 3. The first kappa shape index (κ1) is 14.1. The lowest BCUT2D eigenvalue weighted by atomic mass is 10.2. The Morgan fingerprint density at radius 3 is 2.72 bits per heavy atom. The Hall–Kier alpha value is -0.330. The van der Waals surface area contributed by atoms with Gasteiger partial charge in [-0.1, -0.05) is 27.5 Å². The lowest BCUT2D eigenvalue weighted by molar-refractivity contribution is 0.625. The van der Waals surface area contributed by atoms with Crippen LogP contribution in [0.15, 0.2) is 40.9 Å². The van der Waals surface area contributed by atoms with E-state index in [9.17, 15) is 4.39 Å². The molecule has 0 unspecified atom stereocenters. The van der Waals surface area contributed by atoms with E-state index in [0.29, 0.717) is 11.6 Å². The van der Waals surface area contributed by atoms with Crippen molar-refractivity contribution in [3.63, 3.8) is 0 Å². The molecule has 94 valence electrons. The predicted octanol–water partition coefficient (Wildman–Crippen LogP) is 5.46. The predicted molar refractivity (Wildman–Crippen MR) is 85.6 cm³/mol. The van der Waals surface area contributed by atoms with Crippen molar-refractivity contribution in [2.24, 2.45) is 0 Å². The summed E-state index contributed by atoms with van der Waals surface area (Å²) in [5.41, 5.74) is 1.71. The van der Waals surface area contributed by atoms with Gasteiger partial charge in [0.2, 0.25) is 0 Å². The zero-order valence-electron chi connectivity index (χ0n) is 9.18. The molecule has 2 aromatic rings. The fraction of sp³-hybridized carbons (Fsp3) is 0.0769. The molecule has 0 aromatic heterocycles. The van der Waals surface area contributed by atoms with Crippen molar-refractivity contribution in [1.29, 1.82) is 0 Å². The van der Waals surface area contributed by atoms with E-state index in [2.05, 4.69) is 43.8 Å². The number of anilines is 1. The van der Waals surface area contributed by atoms with Gasteiger partial charge in [-0.25, -0.2) is 4.39 Å². The fourth-order valence-corrected chi connectivity index (χ4v) is 2.73. The van der Waals surface area contributed by atoms with Crippen molar-refractivity contribution in [2.75, 3.05) is 5.32 Å². The van der Waals surface area contributed by atoms with Crippen LogP contribution in [0.25, 0.3) is 0 Å². The summed E-state index contributed by atoms with van der Waals surface area (Å²) in [6.07, 6.45) is 0. The van der Waals surface area contributed by atoms with Crippen LogP contribution in [0.5, 0.6) is 0 Å². The maximum absolute atomic E-state index is 13.2. The average molecular weight is 440 g/mol. The SMILES string of the molecule is Fc1cc(Br)cc(CNc2cc(I)ccc2Cl)c1. The highest BCUT2D eigenvalue weighted by atomic mass is 127. The molecule has 0 radical (unpaired) electrons. The van der Waals surface area contributed by atoms with Crippen molar-refractivity contribution < 1.29 is 4.39 Å². The summed E-state index contributed by atoms with van der Waals surface area (Å²) in [6, 6.07) is 10.5. The van der Waals surface area contributed by atoms with Crippen LogP contribution in [0.4, 0.5) is 10.1 Å². The Kier molecular flexibility index (Phi) is 4.86. The summed E-state index contributed by atoms with van der Waals surface area (Å²) in [5, 5.41) is 3.86. The maximum Gasteiger partial charge on any atom is 0.124 e. The molecule has 0 saturated heterocycles. The molecule has 0 bridgehead atoms. The Morgan fingerprint density at radius 2 is 2.00 bits per heavy atom. The minimum absolute atomic E-state index is 0.255. The molecule has 0 atom stereocenters. The van der Waals surface area contributed by atoms with E-state index >= 15 is 0 Å². The van der Waals surface area contributed by atoms with Crippen molar-refractivity contribution in [3.8, 4) is 0 Å². The normalized spacial score (nSPS) is 10.4. The molecule has 0 spiro atoms. The number of benzene rings is 2. The second kappa shape index (κ2) is 6.21. The average Bonchev–Trinajstić information content (AvgIpc) is 2.29. The van der Waals surface area contributed by atoms with Gasteiger partial charge in [0.25, 0.3) is 0 Å². The van der Waals surface area contributed by atoms with E-state index in [1.165, 1.54) is 12.1 Å². The van der Waals surface area contributed by atoms with Gasteiger partial charge in [0.1, 0.15) is 5.82 Å². The minimum Gasteiger partial charge on any atom is -0.380 e. The van der Waals surface area contributed by atoms with Crippen LogP contribution in [-0.4, -0.2) is 0 Å². The third kappa shape index (κ3) is 3.83. The van der Waals surface area contributed by atoms with E-state index in [1.807, 2.05) is 24.3 Å². The van der Waals surface area contributed by atoms with Gasteiger partial charge in [0, 0.05) is 14.6 Å². The highest BCUT2D eigenvalue weighted by Gasteiger charge is 2.03. The highest BCUT2D eigenvalue weighted by molar-refractivity contribution is 14.1.